The van der Waals surface area contributed by atoms with Crippen LogP contribution in [0.25, 0.3) is 0 Å². The van der Waals surface area contributed by atoms with Crippen molar-refractivity contribution in [1.82, 2.24) is 0 Å². The zero-order chi connectivity index (χ0) is 24.7. The number of hydrogen-bond acceptors (Lipinski definition) is 5. The molecule has 3 aromatic carbocycles. The highest BCUT2D eigenvalue weighted by Crippen LogP contribution is 2.19. The maximum atomic E-state index is 12.0. The van der Waals surface area contributed by atoms with Gasteiger partial charge < -0.3 is 18.9 Å². The first-order valence-corrected chi connectivity index (χ1v) is 11.9. The van der Waals surface area contributed by atoms with E-state index in [9.17, 15) is 4.79 Å². The maximum Gasteiger partial charge on any atom is 0.303 e. The third-order valence-electron chi connectivity index (χ3n) is 5.35. The molecule has 0 amide bonds. The molecule has 3 atom stereocenters. The summed E-state index contributed by atoms with van der Waals surface area (Å²) in [7, 11) is 0. The van der Waals surface area contributed by atoms with Gasteiger partial charge in [0.05, 0.1) is 26.4 Å². The lowest BCUT2D eigenvalue weighted by Crippen LogP contribution is -2.45. The Hall–Kier alpha value is -3.25. The van der Waals surface area contributed by atoms with E-state index in [0.717, 1.165) is 16.7 Å². The Labute approximate surface area is 208 Å². The molecule has 0 unspecified atom stereocenters. The fourth-order valence-electron chi connectivity index (χ4n) is 3.67. The summed E-state index contributed by atoms with van der Waals surface area (Å²) in [5.41, 5.74) is 3.11. The van der Waals surface area contributed by atoms with Crippen molar-refractivity contribution in [3.05, 3.63) is 120 Å². The van der Waals surface area contributed by atoms with E-state index >= 15 is 0 Å². The summed E-state index contributed by atoms with van der Waals surface area (Å²) in [6.45, 7) is 4.66. The second-order valence-corrected chi connectivity index (χ2v) is 8.20. The second kappa shape index (κ2) is 14.9. The Kier molecular flexibility index (Phi) is 11.2. The minimum Gasteiger partial charge on any atom is -0.457 e. The minimum absolute atomic E-state index is 0.177. The summed E-state index contributed by atoms with van der Waals surface area (Å²) < 4.78 is 24.3. The molecule has 0 radical (unpaired) electrons. The van der Waals surface area contributed by atoms with Crippen molar-refractivity contribution < 1.29 is 23.7 Å². The second-order valence-electron chi connectivity index (χ2n) is 8.20. The lowest BCUT2D eigenvalue weighted by Gasteiger charge is -2.32. The van der Waals surface area contributed by atoms with Gasteiger partial charge in [0.1, 0.15) is 12.2 Å². The molecule has 184 valence electrons. The Morgan fingerprint density at radius 2 is 1.23 bits per heavy atom. The summed E-state index contributed by atoms with van der Waals surface area (Å²) in [5.74, 6) is -0.395. The van der Waals surface area contributed by atoms with Crippen LogP contribution in [-0.2, 0) is 43.6 Å². The number of allylic oxidation sites excluding steroid dienone is 1. The standard InChI is InChI=1S/C30H34O5/c1-3-13-28(33-21-26-16-9-5-10-17-26)30(34-22-27-18-11-6-12-19-27)29(35-24(2)31)23-32-20-25-14-7-4-8-15-25/h3-19,28-30H,20-23H2,1-2H3/b13-3+/t28-,29-,30+/m1/s1. The van der Waals surface area contributed by atoms with Gasteiger partial charge >= 0.3 is 5.97 Å². The molecular formula is C30H34O5. The number of carbonyl (C=O) groups excluding carboxylic acids is 1. The Bertz CT molecular complexity index is 1000. The molecule has 0 spiro atoms. The van der Waals surface area contributed by atoms with Crippen LogP contribution in [0.1, 0.15) is 30.5 Å². The molecule has 0 aromatic heterocycles. The van der Waals surface area contributed by atoms with E-state index in [1.165, 1.54) is 6.92 Å². The van der Waals surface area contributed by atoms with Gasteiger partial charge in [0.15, 0.2) is 6.10 Å². The predicted octanol–water partition coefficient (Wildman–Crippen LogP) is 5.88. The quantitative estimate of drug-likeness (QED) is 0.216. The Balaban J connectivity index is 1.78. The molecule has 0 bridgehead atoms. The highest BCUT2D eigenvalue weighted by Gasteiger charge is 2.33. The fraction of sp³-hybridized carbons (Fsp3) is 0.300. The topological polar surface area (TPSA) is 54.0 Å². The molecule has 0 aliphatic carbocycles. The van der Waals surface area contributed by atoms with E-state index in [4.69, 9.17) is 18.9 Å². The van der Waals surface area contributed by atoms with Gasteiger partial charge in [-0.2, -0.15) is 0 Å². The van der Waals surface area contributed by atoms with E-state index in [0.29, 0.717) is 19.8 Å². The largest absolute Gasteiger partial charge is 0.457 e. The van der Waals surface area contributed by atoms with Gasteiger partial charge in [-0.05, 0) is 23.6 Å². The van der Waals surface area contributed by atoms with Crippen molar-refractivity contribution >= 4 is 5.97 Å². The fourth-order valence-corrected chi connectivity index (χ4v) is 3.67. The lowest BCUT2D eigenvalue weighted by molar-refractivity contribution is -0.174. The first kappa shape index (κ1) is 26.4. The number of esters is 1. The molecule has 0 fully saturated rings. The number of ether oxygens (including phenoxy) is 4. The van der Waals surface area contributed by atoms with Crippen LogP contribution in [-0.4, -0.2) is 30.9 Å². The smallest absolute Gasteiger partial charge is 0.303 e. The van der Waals surface area contributed by atoms with Gasteiger partial charge in [-0.1, -0.05) is 103 Å². The van der Waals surface area contributed by atoms with Crippen molar-refractivity contribution in [3.8, 4) is 0 Å². The monoisotopic (exact) mass is 474 g/mol. The van der Waals surface area contributed by atoms with E-state index in [1.807, 2.05) is 110 Å². The Morgan fingerprint density at radius 3 is 1.71 bits per heavy atom. The zero-order valence-electron chi connectivity index (χ0n) is 20.4. The summed E-state index contributed by atoms with van der Waals surface area (Å²) in [6, 6.07) is 29.7. The van der Waals surface area contributed by atoms with E-state index < -0.39 is 24.3 Å². The molecule has 0 saturated heterocycles. The number of carbonyl (C=O) groups is 1. The van der Waals surface area contributed by atoms with Crippen molar-refractivity contribution in [2.45, 2.75) is 52.0 Å². The predicted molar refractivity (Wildman–Crippen MR) is 137 cm³/mol. The summed E-state index contributed by atoms with van der Waals surface area (Å²) in [5, 5.41) is 0. The van der Waals surface area contributed by atoms with Gasteiger partial charge in [-0.3, -0.25) is 4.79 Å². The summed E-state index contributed by atoms with van der Waals surface area (Å²) >= 11 is 0. The van der Waals surface area contributed by atoms with Crippen LogP contribution in [0.4, 0.5) is 0 Å². The van der Waals surface area contributed by atoms with Crippen molar-refractivity contribution in [2.75, 3.05) is 6.61 Å². The molecule has 35 heavy (non-hydrogen) atoms. The van der Waals surface area contributed by atoms with Crippen LogP contribution >= 0.6 is 0 Å². The molecule has 3 aromatic rings. The van der Waals surface area contributed by atoms with Crippen LogP contribution in [0.2, 0.25) is 0 Å². The van der Waals surface area contributed by atoms with Gasteiger partial charge in [0.25, 0.3) is 0 Å². The van der Waals surface area contributed by atoms with Gasteiger partial charge in [0.2, 0.25) is 0 Å². The van der Waals surface area contributed by atoms with Gasteiger partial charge in [-0.25, -0.2) is 0 Å². The maximum absolute atomic E-state index is 12.0. The molecule has 0 aliphatic heterocycles. The number of hydrogen-bond donors (Lipinski definition) is 0. The third-order valence-corrected chi connectivity index (χ3v) is 5.35. The average Bonchev–Trinajstić information content (AvgIpc) is 2.88. The first-order chi connectivity index (χ1) is 17.2. The summed E-state index contributed by atoms with van der Waals surface area (Å²) in [4.78, 5) is 12.0. The molecule has 0 heterocycles. The van der Waals surface area contributed by atoms with Crippen LogP contribution in [0.3, 0.4) is 0 Å². The van der Waals surface area contributed by atoms with Crippen LogP contribution in [0.15, 0.2) is 103 Å². The SMILES string of the molecule is C/C=C/[C@@H](OCc1ccccc1)[C@H](OCc1ccccc1)[C@@H](COCc1ccccc1)OC(C)=O. The van der Waals surface area contributed by atoms with Crippen LogP contribution < -0.4 is 0 Å². The highest BCUT2D eigenvalue weighted by molar-refractivity contribution is 5.66. The number of benzene rings is 3. The third kappa shape index (κ3) is 9.49. The van der Waals surface area contributed by atoms with E-state index in [-0.39, 0.29) is 6.61 Å². The van der Waals surface area contributed by atoms with Crippen molar-refractivity contribution in [1.29, 1.82) is 0 Å². The molecule has 0 saturated carbocycles. The molecular weight excluding hydrogens is 440 g/mol. The van der Waals surface area contributed by atoms with Crippen LogP contribution in [0, 0.1) is 0 Å². The summed E-state index contributed by atoms with van der Waals surface area (Å²) in [6.07, 6.45) is 2.18. The van der Waals surface area contributed by atoms with Crippen molar-refractivity contribution in [2.24, 2.45) is 0 Å². The van der Waals surface area contributed by atoms with Gasteiger partial charge in [-0.15, -0.1) is 0 Å². The van der Waals surface area contributed by atoms with Crippen molar-refractivity contribution in [3.63, 3.8) is 0 Å². The molecule has 5 heteroatoms. The highest BCUT2D eigenvalue weighted by atomic mass is 16.6. The van der Waals surface area contributed by atoms with Gasteiger partial charge in [0, 0.05) is 6.92 Å². The normalized spacial score (nSPS) is 13.9. The van der Waals surface area contributed by atoms with E-state index in [1.54, 1.807) is 0 Å². The molecule has 3 rings (SSSR count). The lowest BCUT2D eigenvalue weighted by atomic mass is 10.1. The minimum atomic E-state index is -0.656. The van der Waals surface area contributed by atoms with Crippen LogP contribution in [0.5, 0.6) is 0 Å². The Morgan fingerprint density at radius 1 is 0.743 bits per heavy atom. The first-order valence-electron chi connectivity index (χ1n) is 11.9. The van der Waals surface area contributed by atoms with E-state index in [2.05, 4.69) is 0 Å². The zero-order valence-corrected chi connectivity index (χ0v) is 20.4. The number of rotatable bonds is 14. The molecule has 5 nitrogen and oxygen atoms in total. The molecule has 0 N–H and O–H groups in total. The average molecular weight is 475 g/mol. The molecule has 0 aliphatic rings.